The van der Waals surface area contributed by atoms with Crippen LogP contribution in [-0.2, 0) is 0 Å². The Hall–Kier alpha value is -3.11. The summed E-state index contributed by atoms with van der Waals surface area (Å²) in [5.74, 6) is 1.30. The molecule has 3 aromatic carbocycles. The van der Waals surface area contributed by atoms with E-state index in [9.17, 15) is 0 Å². The summed E-state index contributed by atoms with van der Waals surface area (Å²) in [6, 6.07) is 22.0. The number of aromatic nitrogens is 2. The molecule has 0 unspecified atom stereocenters. The Bertz CT molecular complexity index is 1120. The molecule has 1 heterocycles. The van der Waals surface area contributed by atoms with E-state index in [1.807, 2.05) is 60.8 Å². The highest BCUT2D eigenvalue weighted by Gasteiger charge is 2.13. The second-order valence-electron chi connectivity index (χ2n) is 6.56. The van der Waals surface area contributed by atoms with Gasteiger partial charge < -0.3 is 10.1 Å². The normalized spacial score (nSPS) is 12.0. The van der Waals surface area contributed by atoms with Gasteiger partial charge in [-0.15, -0.1) is 0 Å². The van der Waals surface area contributed by atoms with Crippen molar-refractivity contribution in [2.45, 2.75) is 13.0 Å². The molecule has 140 valence electrons. The van der Waals surface area contributed by atoms with Gasteiger partial charge in [0.25, 0.3) is 0 Å². The van der Waals surface area contributed by atoms with Crippen LogP contribution in [0, 0.1) is 0 Å². The van der Waals surface area contributed by atoms with E-state index in [4.69, 9.17) is 16.3 Å². The average Bonchev–Trinajstić information content (AvgIpc) is 2.74. The van der Waals surface area contributed by atoms with E-state index < -0.39 is 0 Å². The molecule has 4 aromatic rings. The minimum absolute atomic E-state index is 0.0999. The fraction of sp³-hybridized carbons (Fsp3) is 0.130. The van der Waals surface area contributed by atoms with Crippen LogP contribution in [0.3, 0.4) is 0 Å². The second-order valence-corrected chi connectivity index (χ2v) is 6.97. The van der Waals surface area contributed by atoms with Crippen molar-refractivity contribution in [3.05, 3.63) is 83.5 Å². The molecular weight excluding hydrogens is 370 g/mol. The molecule has 0 saturated carbocycles. The summed E-state index contributed by atoms with van der Waals surface area (Å²) in [5, 5.41) is 4.96. The number of methoxy groups -OCH3 is 1. The van der Waals surface area contributed by atoms with Crippen molar-refractivity contribution in [2.24, 2.45) is 0 Å². The minimum atomic E-state index is 0.0999. The molecule has 0 aliphatic heterocycles. The summed E-state index contributed by atoms with van der Waals surface area (Å²) in [7, 11) is 1.65. The smallest absolute Gasteiger partial charge is 0.223 e. The quantitative estimate of drug-likeness (QED) is 0.446. The first kappa shape index (κ1) is 18.3. The van der Waals surface area contributed by atoms with Crippen LogP contribution in [0.25, 0.3) is 22.0 Å². The summed E-state index contributed by atoms with van der Waals surface area (Å²) in [6.07, 6.45) is 1.82. The van der Waals surface area contributed by atoms with Gasteiger partial charge in [-0.25, -0.2) is 9.97 Å². The van der Waals surface area contributed by atoms with Crippen LogP contribution in [0.15, 0.2) is 72.9 Å². The molecule has 0 bridgehead atoms. The van der Waals surface area contributed by atoms with Gasteiger partial charge in [0.15, 0.2) is 0 Å². The SMILES string of the molecule is COc1cc2nc(N[C@@H](C)c3ccccc3)ncc2cc1-c1ccccc1Cl. The lowest BCUT2D eigenvalue weighted by molar-refractivity contribution is 0.417. The van der Waals surface area contributed by atoms with Gasteiger partial charge in [-0.3, -0.25) is 0 Å². The Labute approximate surface area is 169 Å². The lowest BCUT2D eigenvalue weighted by atomic mass is 10.0. The van der Waals surface area contributed by atoms with E-state index in [2.05, 4.69) is 34.3 Å². The van der Waals surface area contributed by atoms with Gasteiger partial charge in [0.05, 0.1) is 18.7 Å². The van der Waals surface area contributed by atoms with E-state index >= 15 is 0 Å². The number of hydrogen-bond acceptors (Lipinski definition) is 4. The molecule has 1 aromatic heterocycles. The molecule has 4 nitrogen and oxygen atoms in total. The molecule has 0 spiro atoms. The standard InChI is InChI=1S/C23H20ClN3O/c1-15(16-8-4-3-5-9-16)26-23-25-14-17-12-19(18-10-6-7-11-20(18)24)22(28-2)13-21(17)27-23/h3-15H,1-2H3,(H,25,26,27)/t15-/m0/s1. The lowest BCUT2D eigenvalue weighted by Gasteiger charge is -2.15. The Morgan fingerprint density at radius 3 is 2.46 bits per heavy atom. The highest BCUT2D eigenvalue weighted by Crippen LogP contribution is 2.37. The van der Waals surface area contributed by atoms with Crippen molar-refractivity contribution in [1.29, 1.82) is 0 Å². The Morgan fingerprint density at radius 1 is 0.964 bits per heavy atom. The lowest BCUT2D eigenvalue weighted by Crippen LogP contribution is -2.09. The number of nitrogens with zero attached hydrogens (tertiary/aromatic N) is 2. The molecule has 5 heteroatoms. The molecular formula is C23H20ClN3O. The molecule has 0 amide bonds. The topological polar surface area (TPSA) is 47.0 Å². The molecule has 0 fully saturated rings. The molecule has 0 aliphatic carbocycles. The zero-order valence-corrected chi connectivity index (χ0v) is 16.4. The van der Waals surface area contributed by atoms with Gasteiger partial charge in [0.1, 0.15) is 5.75 Å². The van der Waals surface area contributed by atoms with E-state index in [1.165, 1.54) is 5.56 Å². The van der Waals surface area contributed by atoms with E-state index in [1.54, 1.807) is 7.11 Å². The van der Waals surface area contributed by atoms with Crippen LogP contribution in [0.4, 0.5) is 5.95 Å². The third-order valence-corrected chi connectivity index (χ3v) is 5.04. The summed E-state index contributed by atoms with van der Waals surface area (Å²) in [5.41, 5.74) is 3.83. The van der Waals surface area contributed by atoms with Crippen LogP contribution in [0.5, 0.6) is 5.75 Å². The van der Waals surface area contributed by atoms with Crippen LogP contribution in [0.1, 0.15) is 18.5 Å². The van der Waals surface area contributed by atoms with Gasteiger partial charge in [-0.2, -0.15) is 0 Å². The van der Waals surface area contributed by atoms with Gasteiger partial charge in [0.2, 0.25) is 5.95 Å². The van der Waals surface area contributed by atoms with E-state index in [0.29, 0.717) is 11.0 Å². The molecule has 0 radical (unpaired) electrons. The zero-order chi connectivity index (χ0) is 19.5. The number of rotatable bonds is 5. The molecule has 0 saturated heterocycles. The van der Waals surface area contributed by atoms with Crippen molar-refractivity contribution < 1.29 is 4.74 Å². The average molecular weight is 390 g/mol. The van der Waals surface area contributed by atoms with Gasteiger partial charge >= 0.3 is 0 Å². The largest absolute Gasteiger partial charge is 0.496 e. The van der Waals surface area contributed by atoms with E-state index in [-0.39, 0.29) is 6.04 Å². The van der Waals surface area contributed by atoms with Crippen molar-refractivity contribution >= 4 is 28.5 Å². The first-order chi connectivity index (χ1) is 13.7. The maximum absolute atomic E-state index is 6.38. The predicted octanol–water partition coefficient (Wildman–Crippen LogP) is 6.13. The summed E-state index contributed by atoms with van der Waals surface area (Å²) in [6.45, 7) is 2.09. The van der Waals surface area contributed by atoms with Crippen LogP contribution >= 0.6 is 11.6 Å². The summed E-state index contributed by atoms with van der Waals surface area (Å²) >= 11 is 6.38. The Morgan fingerprint density at radius 2 is 1.71 bits per heavy atom. The molecule has 1 atom stereocenters. The number of nitrogens with one attached hydrogen (secondary N) is 1. The monoisotopic (exact) mass is 389 g/mol. The zero-order valence-electron chi connectivity index (χ0n) is 15.7. The Kier molecular flexibility index (Phi) is 5.13. The molecule has 4 rings (SSSR count). The van der Waals surface area contributed by atoms with Crippen molar-refractivity contribution in [3.8, 4) is 16.9 Å². The van der Waals surface area contributed by atoms with Gasteiger partial charge in [0, 0.05) is 33.8 Å². The number of ether oxygens (including phenoxy) is 1. The number of fused-ring (bicyclic) bond motifs is 1. The number of benzene rings is 3. The summed E-state index contributed by atoms with van der Waals surface area (Å²) < 4.78 is 5.61. The van der Waals surface area contributed by atoms with Crippen molar-refractivity contribution in [3.63, 3.8) is 0 Å². The van der Waals surface area contributed by atoms with Crippen LogP contribution < -0.4 is 10.1 Å². The number of anilines is 1. The number of halogens is 1. The third kappa shape index (κ3) is 3.64. The van der Waals surface area contributed by atoms with Crippen LogP contribution in [0.2, 0.25) is 5.02 Å². The maximum atomic E-state index is 6.38. The number of hydrogen-bond donors (Lipinski definition) is 1. The van der Waals surface area contributed by atoms with Crippen molar-refractivity contribution in [2.75, 3.05) is 12.4 Å². The van der Waals surface area contributed by atoms with E-state index in [0.717, 1.165) is 27.8 Å². The highest BCUT2D eigenvalue weighted by atomic mass is 35.5. The van der Waals surface area contributed by atoms with Crippen molar-refractivity contribution in [1.82, 2.24) is 9.97 Å². The summed E-state index contributed by atoms with van der Waals surface area (Å²) in [4.78, 5) is 9.16. The van der Waals surface area contributed by atoms with Crippen LogP contribution in [-0.4, -0.2) is 17.1 Å². The first-order valence-electron chi connectivity index (χ1n) is 9.07. The molecule has 1 N–H and O–H groups in total. The minimum Gasteiger partial charge on any atom is -0.496 e. The molecule has 28 heavy (non-hydrogen) atoms. The predicted molar refractivity (Wildman–Crippen MR) is 115 cm³/mol. The fourth-order valence-electron chi connectivity index (χ4n) is 3.21. The van der Waals surface area contributed by atoms with Gasteiger partial charge in [-0.05, 0) is 24.6 Å². The third-order valence-electron chi connectivity index (χ3n) is 4.71. The van der Waals surface area contributed by atoms with Gasteiger partial charge in [-0.1, -0.05) is 60.1 Å². The fourth-order valence-corrected chi connectivity index (χ4v) is 3.44. The maximum Gasteiger partial charge on any atom is 0.223 e. The highest BCUT2D eigenvalue weighted by molar-refractivity contribution is 6.33. The first-order valence-corrected chi connectivity index (χ1v) is 9.44. The second kappa shape index (κ2) is 7.87. The Balaban J connectivity index is 1.71. The molecule has 0 aliphatic rings.